The van der Waals surface area contributed by atoms with Crippen LogP contribution in [0.15, 0.2) is 47.1 Å². The molecule has 0 aliphatic heterocycles. The van der Waals surface area contributed by atoms with Crippen LogP contribution in [0.3, 0.4) is 0 Å². The first-order valence-electron chi connectivity index (χ1n) is 6.40. The molecule has 1 heterocycles. The van der Waals surface area contributed by atoms with Crippen molar-refractivity contribution in [3.8, 4) is 0 Å². The Morgan fingerprint density at radius 2 is 2.05 bits per heavy atom. The third kappa shape index (κ3) is 4.03. The summed E-state index contributed by atoms with van der Waals surface area (Å²) >= 11 is 9.65. The summed E-state index contributed by atoms with van der Waals surface area (Å²) in [6, 6.07) is 11.7. The average molecular weight is 356 g/mol. The van der Waals surface area contributed by atoms with E-state index in [2.05, 4.69) is 26.2 Å². The minimum absolute atomic E-state index is 0.0497. The maximum absolute atomic E-state index is 9.24. The molecule has 2 N–H and O–H groups in total. The second-order valence-corrected chi connectivity index (χ2v) is 5.66. The number of hydrogen-bond acceptors (Lipinski definition) is 3. The molecule has 20 heavy (non-hydrogen) atoms. The van der Waals surface area contributed by atoms with Crippen LogP contribution in [0, 0.1) is 0 Å². The van der Waals surface area contributed by atoms with Crippen molar-refractivity contribution < 1.29 is 5.11 Å². The summed E-state index contributed by atoms with van der Waals surface area (Å²) in [5.41, 5.74) is 1.93. The van der Waals surface area contributed by atoms with Gasteiger partial charge in [0.2, 0.25) is 0 Å². The number of aliphatic hydroxyl groups is 1. The van der Waals surface area contributed by atoms with E-state index >= 15 is 0 Å². The molecule has 0 amide bonds. The van der Waals surface area contributed by atoms with E-state index in [0.717, 1.165) is 15.7 Å². The molecule has 1 atom stereocenters. The molecular formula is C15H16BrClN2O. The summed E-state index contributed by atoms with van der Waals surface area (Å²) in [4.78, 5) is 4.26. The topological polar surface area (TPSA) is 45.1 Å². The quantitative estimate of drug-likeness (QED) is 0.830. The number of nitrogens with one attached hydrogen (secondary N) is 1. The van der Waals surface area contributed by atoms with E-state index in [4.69, 9.17) is 11.6 Å². The zero-order valence-electron chi connectivity index (χ0n) is 10.9. The van der Waals surface area contributed by atoms with Crippen LogP contribution in [0.5, 0.6) is 0 Å². The number of hydrogen-bond donors (Lipinski definition) is 2. The normalized spacial score (nSPS) is 12.3. The molecule has 0 saturated heterocycles. The Kier molecular flexibility index (Phi) is 5.98. The molecule has 0 aliphatic carbocycles. The Morgan fingerprint density at radius 1 is 1.25 bits per heavy atom. The highest BCUT2D eigenvalue weighted by Gasteiger charge is 2.14. The number of rotatable bonds is 6. The van der Waals surface area contributed by atoms with Crippen molar-refractivity contribution in [3.05, 3.63) is 63.3 Å². The third-order valence-corrected chi connectivity index (χ3v) is 4.12. The van der Waals surface area contributed by atoms with E-state index in [9.17, 15) is 5.11 Å². The highest BCUT2D eigenvalue weighted by molar-refractivity contribution is 9.10. The molecule has 0 fully saturated rings. The number of benzene rings is 1. The first-order chi connectivity index (χ1) is 9.72. The summed E-state index contributed by atoms with van der Waals surface area (Å²) in [5, 5.41) is 13.3. The summed E-state index contributed by atoms with van der Waals surface area (Å²) in [6.45, 7) is 0.681. The van der Waals surface area contributed by atoms with Crippen LogP contribution < -0.4 is 5.32 Å². The van der Waals surface area contributed by atoms with Gasteiger partial charge >= 0.3 is 0 Å². The van der Waals surface area contributed by atoms with Gasteiger partial charge < -0.3 is 10.4 Å². The summed E-state index contributed by atoms with van der Waals surface area (Å²) in [7, 11) is 0. The fourth-order valence-corrected chi connectivity index (χ4v) is 2.77. The van der Waals surface area contributed by atoms with Gasteiger partial charge in [0, 0.05) is 29.9 Å². The Hall–Kier alpha value is -0.940. The third-order valence-electron chi connectivity index (χ3n) is 3.05. The smallest absolute Gasteiger partial charge is 0.0727 e. The van der Waals surface area contributed by atoms with Crippen molar-refractivity contribution in [1.82, 2.24) is 10.3 Å². The maximum Gasteiger partial charge on any atom is 0.0727 e. The van der Waals surface area contributed by atoms with Crippen molar-refractivity contribution in [2.24, 2.45) is 0 Å². The molecule has 2 aromatic rings. The lowest BCUT2D eigenvalue weighted by Crippen LogP contribution is -2.23. The first kappa shape index (κ1) is 15.4. The van der Waals surface area contributed by atoms with E-state index < -0.39 is 0 Å². The molecule has 1 aromatic carbocycles. The minimum Gasteiger partial charge on any atom is -0.396 e. The molecule has 1 aromatic heterocycles. The van der Waals surface area contributed by atoms with Gasteiger partial charge in [0.15, 0.2) is 0 Å². The van der Waals surface area contributed by atoms with Crippen molar-refractivity contribution in [3.63, 3.8) is 0 Å². The van der Waals surface area contributed by atoms with Crippen LogP contribution in [0.1, 0.15) is 23.7 Å². The summed E-state index contributed by atoms with van der Waals surface area (Å²) in [6.07, 6.45) is 2.36. The van der Waals surface area contributed by atoms with Gasteiger partial charge in [-0.2, -0.15) is 0 Å². The molecule has 0 spiro atoms. The Balaban J connectivity index is 2.11. The van der Waals surface area contributed by atoms with Gasteiger partial charge in [-0.3, -0.25) is 4.98 Å². The maximum atomic E-state index is 9.24. The van der Waals surface area contributed by atoms with Crippen LogP contribution in [0.2, 0.25) is 5.02 Å². The van der Waals surface area contributed by atoms with Gasteiger partial charge in [-0.25, -0.2) is 0 Å². The van der Waals surface area contributed by atoms with E-state index in [0.29, 0.717) is 18.0 Å². The van der Waals surface area contributed by atoms with Gasteiger partial charge in [-0.1, -0.05) is 45.7 Å². The molecule has 1 unspecified atom stereocenters. The molecule has 3 nitrogen and oxygen atoms in total. The van der Waals surface area contributed by atoms with Crippen LogP contribution in [-0.2, 0) is 6.54 Å². The van der Waals surface area contributed by atoms with E-state index in [-0.39, 0.29) is 12.6 Å². The lowest BCUT2D eigenvalue weighted by Gasteiger charge is -2.19. The Morgan fingerprint density at radius 3 is 2.75 bits per heavy atom. The largest absolute Gasteiger partial charge is 0.396 e. The number of nitrogens with zero attached hydrogens (tertiary/aromatic N) is 1. The zero-order chi connectivity index (χ0) is 14.4. The highest BCUT2D eigenvalue weighted by atomic mass is 79.9. The highest BCUT2D eigenvalue weighted by Crippen LogP contribution is 2.26. The number of aliphatic hydroxyl groups excluding tert-OH is 1. The Bertz CT molecular complexity index is 565. The monoisotopic (exact) mass is 354 g/mol. The molecule has 0 radical (unpaired) electrons. The van der Waals surface area contributed by atoms with Gasteiger partial charge in [0.1, 0.15) is 0 Å². The molecule has 0 saturated carbocycles. The molecule has 5 heteroatoms. The van der Waals surface area contributed by atoms with Crippen LogP contribution in [0.4, 0.5) is 0 Å². The van der Waals surface area contributed by atoms with E-state index in [1.54, 1.807) is 6.20 Å². The lowest BCUT2D eigenvalue weighted by atomic mass is 10.0. The standard InChI is InChI=1S/C15H16BrClN2O/c16-12-5-2-1-4-11(12)14(7-9-20)19-10-15-13(17)6-3-8-18-15/h1-6,8,14,19-20H,7,9-10H2. The lowest BCUT2D eigenvalue weighted by molar-refractivity contribution is 0.264. The molecule has 2 rings (SSSR count). The number of pyridine rings is 1. The first-order valence-corrected chi connectivity index (χ1v) is 7.57. The van der Waals surface area contributed by atoms with Crippen molar-refractivity contribution in [1.29, 1.82) is 0 Å². The molecule has 0 bridgehead atoms. The Labute approximate surface area is 132 Å². The number of aromatic nitrogens is 1. The second-order valence-electron chi connectivity index (χ2n) is 4.40. The van der Waals surface area contributed by atoms with Gasteiger partial charge in [-0.05, 0) is 30.2 Å². The van der Waals surface area contributed by atoms with Crippen molar-refractivity contribution in [2.45, 2.75) is 19.0 Å². The van der Waals surface area contributed by atoms with Gasteiger partial charge in [0.05, 0.1) is 10.7 Å². The van der Waals surface area contributed by atoms with Crippen LogP contribution in [0.25, 0.3) is 0 Å². The SMILES string of the molecule is OCCC(NCc1ncccc1Cl)c1ccccc1Br. The van der Waals surface area contributed by atoms with Crippen molar-refractivity contribution in [2.75, 3.05) is 6.61 Å². The van der Waals surface area contributed by atoms with Crippen LogP contribution in [-0.4, -0.2) is 16.7 Å². The predicted octanol–water partition coefficient (Wildman–Crippen LogP) is 3.71. The second kappa shape index (κ2) is 7.74. The van der Waals surface area contributed by atoms with Crippen LogP contribution >= 0.6 is 27.5 Å². The number of halogens is 2. The van der Waals surface area contributed by atoms with Crippen molar-refractivity contribution >= 4 is 27.5 Å². The van der Waals surface area contributed by atoms with Gasteiger partial charge in [0.25, 0.3) is 0 Å². The van der Waals surface area contributed by atoms with Gasteiger partial charge in [-0.15, -0.1) is 0 Å². The fraction of sp³-hybridized carbons (Fsp3) is 0.267. The molecule has 106 valence electrons. The minimum atomic E-state index is 0.0497. The van der Waals surface area contributed by atoms with E-state index in [1.165, 1.54) is 0 Å². The average Bonchev–Trinajstić information content (AvgIpc) is 2.46. The predicted molar refractivity (Wildman–Crippen MR) is 84.7 cm³/mol. The summed E-state index contributed by atoms with van der Waals surface area (Å²) in [5.74, 6) is 0. The zero-order valence-corrected chi connectivity index (χ0v) is 13.2. The molecule has 0 aliphatic rings. The fourth-order valence-electron chi connectivity index (χ4n) is 2.02. The summed E-state index contributed by atoms with van der Waals surface area (Å²) < 4.78 is 1.03. The molecular weight excluding hydrogens is 340 g/mol. The van der Waals surface area contributed by atoms with E-state index in [1.807, 2.05) is 36.4 Å².